The first-order valence-electron chi connectivity index (χ1n) is 7.83. The van der Waals surface area contributed by atoms with Crippen LogP contribution >= 0.6 is 23.2 Å². The van der Waals surface area contributed by atoms with Crippen molar-refractivity contribution in [1.82, 2.24) is 5.32 Å². The Kier molecular flexibility index (Phi) is 8.68. The van der Waals surface area contributed by atoms with E-state index in [0.29, 0.717) is 27.2 Å². The molecular formula is C16H22Cl2N3O4+. The highest BCUT2D eigenvalue weighted by molar-refractivity contribution is 6.40. The van der Waals surface area contributed by atoms with E-state index in [-0.39, 0.29) is 25.6 Å². The molecule has 0 saturated heterocycles. The van der Waals surface area contributed by atoms with Crippen LogP contribution in [-0.4, -0.2) is 44.1 Å². The molecule has 0 saturated carbocycles. The van der Waals surface area contributed by atoms with Gasteiger partial charge in [0.05, 0.1) is 28.9 Å². The summed E-state index contributed by atoms with van der Waals surface area (Å²) in [7, 11) is 0. The van der Waals surface area contributed by atoms with Gasteiger partial charge in [0.2, 0.25) is 0 Å². The number of amides is 3. The maximum Gasteiger partial charge on any atom is 0.414 e. The number of likely N-dealkylation sites (N-methyl/N-ethyl adjacent to an activating group) is 1. The van der Waals surface area contributed by atoms with Crippen molar-refractivity contribution in [2.24, 2.45) is 0 Å². The van der Waals surface area contributed by atoms with E-state index in [4.69, 9.17) is 23.2 Å². The molecule has 138 valence electrons. The van der Waals surface area contributed by atoms with Gasteiger partial charge in [-0.1, -0.05) is 29.3 Å². The number of hydrogen-bond acceptors (Lipinski definition) is 4. The fourth-order valence-electron chi connectivity index (χ4n) is 2.05. The first-order chi connectivity index (χ1) is 11.8. The van der Waals surface area contributed by atoms with E-state index in [2.05, 4.69) is 15.4 Å². The number of nitrogens with one attached hydrogen (secondary N) is 3. The zero-order valence-corrected chi connectivity index (χ0v) is 15.9. The third kappa shape index (κ3) is 6.89. The molecule has 0 aromatic heterocycles. The maximum absolute atomic E-state index is 12.2. The van der Waals surface area contributed by atoms with Gasteiger partial charge in [0.25, 0.3) is 11.8 Å². The van der Waals surface area contributed by atoms with Gasteiger partial charge in [-0.3, -0.25) is 14.9 Å². The average Bonchev–Trinajstić information content (AvgIpc) is 2.54. The van der Waals surface area contributed by atoms with E-state index in [1.54, 1.807) is 26.0 Å². The van der Waals surface area contributed by atoms with E-state index in [9.17, 15) is 14.4 Å². The second-order valence-electron chi connectivity index (χ2n) is 5.33. The summed E-state index contributed by atoms with van der Waals surface area (Å²) >= 11 is 12.2. The topological polar surface area (TPSA) is 88.9 Å². The van der Waals surface area contributed by atoms with Gasteiger partial charge >= 0.3 is 6.09 Å². The van der Waals surface area contributed by atoms with E-state index in [1.165, 1.54) is 0 Å². The van der Waals surface area contributed by atoms with Gasteiger partial charge in [-0.15, -0.1) is 0 Å². The molecule has 0 bridgehead atoms. The molecule has 1 aromatic carbocycles. The lowest BCUT2D eigenvalue weighted by Crippen LogP contribution is -3.14. The van der Waals surface area contributed by atoms with Crippen molar-refractivity contribution in [3.05, 3.63) is 27.7 Å². The van der Waals surface area contributed by atoms with Crippen molar-refractivity contribution in [1.29, 1.82) is 0 Å². The van der Waals surface area contributed by atoms with Crippen molar-refractivity contribution in [2.75, 3.05) is 31.6 Å². The molecule has 0 aliphatic heterocycles. The molecule has 1 unspecified atom stereocenters. The lowest BCUT2D eigenvalue weighted by atomic mass is 10.2. The summed E-state index contributed by atoms with van der Waals surface area (Å²) in [5.74, 6) is -0.857. The molecule has 0 fully saturated rings. The summed E-state index contributed by atoms with van der Waals surface area (Å²) in [6, 6.07) is 3.40. The minimum atomic E-state index is -0.800. The van der Waals surface area contributed by atoms with Crippen molar-refractivity contribution in [2.45, 2.75) is 20.8 Å². The molecule has 3 amide bonds. The van der Waals surface area contributed by atoms with Crippen LogP contribution < -0.4 is 15.5 Å². The predicted octanol–water partition coefficient (Wildman–Crippen LogP) is 1.42. The summed E-state index contributed by atoms with van der Waals surface area (Å²) in [6.45, 7) is 5.93. The Morgan fingerprint density at radius 1 is 1.12 bits per heavy atom. The van der Waals surface area contributed by atoms with Gasteiger partial charge in [-0.25, -0.2) is 4.79 Å². The lowest BCUT2D eigenvalue weighted by molar-refractivity contribution is -0.881. The fourth-order valence-corrected chi connectivity index (χ4v) is 2.51. The molecule has 1 aromatic rings. The monoisotopic (exact) mass is 390 g/mol. The Bertz CT molecular complexity index is 653. The molecule has 1 rings (SSSR count). The molecular weight excluding hydrogens is 369 g/mol. The van der Waals surface area contributed by atoms with Gasteiger partial charge in [0.15, 0.2) is 13.1 Å². The summed E-state index contributed by atoms with van der Waals surface area (Å²) in [4.78, 5) is 35.9. The minimum absolute atomic E-state index is 0.0212. The van der Waals surface area contributed by atoms with Crippen molar-refractivity contribution in [3.8, 4) is 0 Å². The van der Waals surface area contributed by atoms with E-state index in [1.807, 2.05) is 6.92 Å². The van der Waals surface area contributed by atoms with Crippen LogP contribution in [0.25, 0.3) is 0 Å². The number of ether oxygens (including phenoxy) is 1. The third-order valence-electron chi connectivity index (χ3n) is 3.39. The van der Waals surface area contributed by atoms with Crippen molar-refractivity contribution >= 4 is 46.8 Å². The number of benzene rings is 1. The highest BCUT2D eigenvalue weighted by Crippen LogP contribution is 2.32. The standard InChI is InChI=1S/C16H21Cl2N3O4/c1-4-21(9-13(23)20-16(24)25-5-2)8-12(22)19-15-11(17)7-6-10(3)14(15)18/h6-7H,4-5,8-9H2,1-3H3,(H,19,22)(H,20,23,24)/p+1. The Balaban J connectivity index is 2.63. The lowest BCUT2D eigenvalue weighted by Gasteiger charge is -2.17. The smallest absolute Gasteiger partial charge is 0.414 e. The molecule has 1 atom stereocenters. The molecule has 7 nitrogen and oxygen atoms in total. The summed E-state index contributed by atoms with van der Waals surface area (Å²) in [5, 5.41) is 5.48. The summed E-state index contributed by atoms with van der Waals surface area (Å²) in [5.41, 5.74) is 1.13. The van der Waals surface area contributed by atoms with E-state index >= 15 is 0 Å². The zero-order valence-electron chi connectivity index (χ0n) is 14.4. The minimum Gasteiger partial charge on any atom is -0.450 e. The quantitative estimate of drug-likeness (QED) is 0.656. The fraction of sp³-hybridized carbons (Fsp3) is 0.438. The first kappa shape index (κ1) is 21.2. The Morgan fingerprint density at radius 3 is 2.36 bits per heavy atom. The van der Waals surface area contributed by atoms with Crippen molar-refractivity contribution < 1.29 is 24.0 Å². The maximum atomic E-state index is 12.2. The van der Waals surface area contributed by atoms with Gasteiger partial charge in [-0.2, -0.15) is 0 Å². The number of halogens is 2. The number of quaternary nitrogens is 1. The van der Waals surface area contributed by atoms with Crippen LogP contribution in [0, 0.1) is 6.92 Å². The number of alkyl carbamates (subject to hydrolysis) is 1. The molecule has 0 aliphatic rings. The molecule has 25 heavy (non-hydrogen) atoms. The Labute approximate surface area is 156 Å². The first-order valence-corrected chi connectivity index (χ1v) is 8.58. The zero-order chi connectivity index (χ0) is 19.0. The van der Waals surface area contributed by atoms with Crippen molar-refractivity contribution in [3.63, 3.8) is 0 Å². The second kappa shape index (κ2) is 10.2. The largest absolute Gasteiger partial charge is 0.450 e. The average molecular weight is 391 g/mol. The highest BCUT2D eigenvalue weighted by atomic mass is 35.5. The van der Waals surface area contributed by atoms with Crippen LogP contribution in [0.4, 0.5) is 10.5 Å². The number of hydrogen-bond donors (Lipinski definition) is 3. The van der Waals surface area contributed by atoms with Crippen LogP contribution in [0.3, 0.4) is 0 Å². The van der Waals surface area contributed by atoms with Gasteiger partial charge < -0.3 is 15.0 Å². The van der Waals surface area contributed by atoms with Crippen LogP contribution in [0.1, 0.15) is 19.4 Å². The van der Waals surface area contributed by atoms with Crippen LogP contribution in [-0.2, 0) is 14.3 Å². The van der Waals surface area contributed by atoms with E-state index in [0.717, 1.165) is 5.56 Å². The number of aryl methyl sites for hydroxylation is 1. The summed E-state index contributed by atoms with van der Waals surface area (Å²) in [6.07, 6.45) is -0.800. The van der Waals surface area contributed by atoms with E-state index < -0.39 is 12.0 Å². The van der Waals surface area contributed by atoms with Crippen LogP contribution in [0.15, 0.2) is 12.1 Å². The normalized spacial score (nSPS) is 11.6. The Hall–Kier alpha value is -1.83. The number of rotatable bonds is 7. The number of carbonyl (C=O) groups is 3. The van der Waals surface area contributed by atoms with Gasteiger partial charge in [0.1, 0.15) is 0 Å². The molecule has 0 spiro atoms. The molecule has 0 aliphatic carbocycles. The SMILES string of the molecule is CCOC(=O)NC(=O)C[NH+](CC)CC(=O)Nc1c(Cl)ccc(C)c1Cl. The third-order valence-corrected chi connectivity index (χ3v) is 4.19. The molecule has 0 radical (unpaired) electrons. The van der Waals surface area contributed by atoms with Gasteiger partial charge in [0, 0.05) is 0 Å². The number of imide groups is 1. The molecule has 0 heterocycles. The number of anilines is 1. The summed E-state index contributed by atoms with van der Waals surface area (Å²) < 4.78 is 4.64. The predicted molar refractivity (Wildman–Crippen MR) is 96.2 cm³/mol. The highest BCUT2D eigenvalue weighted by Gasteiger charge is 2.20. The molecule has 3 N–H and O–H groups in total. The van der Waals surface area contributed by atoms with Crippen LogP contribution in [0.2, 0.25) is 10.0 Å². The molecule has 9 heteroatoms. The number of carbonyl (C=O) groups excluding carboxylic acids is 3. The Morgan fingerprint density at radius 2 is 1.76 bits per heavy atom. The van der Waals surface area contributed by atoms with Crippen LogP contribution in [0.5, 0.6) is 0 Å². The van der Waals surface area contributed by atoms with Gasteiger partial charge in [-0.05, 0) is 32.4 Å². The second-order valence-corrected chi connectivity index (χ2v) is 6.11.